The first-order chi connectivity index (χ1) is 13.2. The van der Waals surface area contributed by atoms with Crippen LogP contribution in [0.4, 0.5) is 14.9 Å². The van der Waals surface area contributed by atoms with Crippen molar-refractivity contribution in [3.05, 3.63) is 27.6 Å². The van der Waals surface area contributed by atoms with Gasteiger partial charge in [0, 0.05) is 25.0 Å². The van der Waals surface area contributed by atoms with E-state index in [0.717, 1.165) is 5.69 Å². The Morgan fingerprint density at radius 2 is 2.18 bits per heavy atom. The zero-order chi connectivity index (χ0) is 20.2. The van der Waals surface area contributed by atoms with Crippen molar-refractivity contribution < 1.29 is 18.7 Å². The van der Waals surface area contributed by atoms with Crippen LogP contribution in [0.1, 0.15) is 20.8 Å². The molecule has 2 aliphatic rings. The summed E-state index contributed by atoms with van der Waals surface area (Å²) >= 11 is 9.36. The number of hydrogen-bond acceptors (Lipinski definition) is 5. The maximum absolute atomic E-state index is 14.7. The second-order valence-electron chi connectivity index (χ2n) is 7.94. The van der Waals surface area contributed by atoms with Crippen LogP contribution in [0.3, 0.4) is 0 Å². The Bertz CT molecular complexity index is 966. The number of fused-ring (bicyclic) bond motifs is 5. The van der Waals surface area contributed by atoms with Gasteiger partial charge in [0.2, 0.25) is 0 Å². The largest absolute Gasteiger partial charge is 0.488 e. The van der Waals surface area contributed by atoms with E-state index in [1.807, 2.05) is 20.8 Å². The van der Waals surface area contributed by atoms with E-state index in [2.05, 4.69) is 25.8 Å². The van der Waals surface area contributed by atoms with E-state index in [-0.39, 0.29) is 27.1 Å². The Hall–Kier alpha value is -1.80. The first-order valence-corrected chi connectivity index (χ1v) is 10.2. The van der Waals surface area contributed by atoms with Gasteiger partial charge in [-0.15, -0.1) is 0 Å². The SMILES string of the molecule is CC(C)(C)OC(=O)N1CCN2c3c(cnc4c(F)c(Br)c(Cl)cc34)OC[C@H]2C1. The number of halogens is 3. The molecule has 4 rings (SSSR count). The van der Waals surface area contributed by atoms with Crippen LogP contribution in [0.25, 0.3) is 10.9 Å². The number of aromatic nitrogens is 1. The topological polar surface area (TPSA) is 54.9 Å². The molecule has 3 heterocycles. The van der Waals surface area contributed by atoms with Crippen molar-refractivity contribution in [3.63, 3.8) is 0 Å². The van der Waals surface area contributed by atoms with Gasteiger partial charge in [-0.2, -0.15) is 0 Å². The fourth-order valence-corrected chi connectivity index (χ4v) is 4.08. The molecule has 2 aliphatic heterocycles. The molecule has 2 aromatic rings. The van der Waals surface area contributed by atoms with Gasteiger partial charge in [-0.05, 0) is 42.8 Å². The van der Waals surface area contributed by atoms with Gasteiger partial charge in [-0.3, -0.25) is 0 Å². The molecule has 0 aliphatic carbocycles. The number of ether oxygens (including phenoxy) is 2. The Labute approximate surface area is 175 Å². The lowest BCUT2D eigenvalue weighted by molar-refractivity contribution is 0.0195. The number of benzene rings is 1. The van der Waals surface area contributed by atoms with E-state index < -0.39 is 11.4 Å². The Morgan fingerprint density at radius 3 is 2.89 bits per heavy atom. The molecule has 1 saturated heterocycles. The Balaban J connectivity index is 1.68. The lowest BCUT2D eigenvalue weighted by Crippen LogP contribution is -2.59. The monoisotopic (exact) mass is 471 g/mol. The van der Waals surface area contributed by atoms with E-state index >= 15 is 0 Å². The summed E-state index contributed by atoms with van der Waals surface area (Å²) in [5, 5.41) is 0.869. The lowest BCUT2D eigenvalue weighted by atomic mass is 10.1. The number of rotatable bonds is 0. The third kappa shape index (κ3) is 3.37. The Kier molecular flexibility index (Phi) is 4.82. The van der Waals surface area contributed by atoms with Crippen molar-refractivity contribution >= 4 is 50.2 Å². The van der Waals surface area contributed by atoms with Crippen molar-refractivity contribution in [2.45, 2.75) is 32.4 Å². The van der Waals surface area contributed by atoms with Crippen LogP contribution < -0.4 is 9.64 Å². The molecule has 0 radical (unpaired) electrons. The maximum atomic E-state index is 14.7. The molecule has 0 unspecified atom stereocenters. The zero-order valence-electron chi connectivity index (χ0n) is 15.8. The summed E-state index contributed by atoms with van der Waals surface area (Å²) in [6.45, 7) is 7.48. The minimum Gasteiger partial charge on any atom is -0.488 e. The third-order valence-electron chi connectivity index (χ3n) is 4.79. The molecule has 9 heteroatoms. The molecule has 0 bridgehead atoms. The molecule has 150 valence electrons. The molecule has 0 spiro atoms. The number of nitrogens with zero attached hydrogens (tertiary/aromatic N) is 3. The Morgan fingerprint density at radius 1 is 1.43 bits per heavy atom. The van der Waals surface area contributed by atoms with Crippen LogP contribution in [0.5, 0.6) is 5.75 Å². The van der Waals surface area contributed by atoms with Crippen molar-refractivity contribution in [2.75, 3.05) is 31.1 Å². The van der Waals surface area contributed by atoms with Crippen LogP contribution in [-0.4, -0.2) is 53.9 Å². The van der Waals surface area contributed by atoms with Crippen LogP contribution in [0, 0.1) is 5.82 Å². The smallest absolute Gasteiger partial charge is 0.410 e. The van der Waals surface area contributed by atoms with Crippen molar-refractivity contribution in [3.8, 4) is 5.75 Å². The molecule has 1 aromatic heterocycles. The number of anilines is 1. The summed E-state index contributed by atoms with van der Waals surface area (Å²) < 4.78 is 26.2. The van der Waals surface area contributed by atoms with Crippen molar-refractivity contribution in [2.24, 2.45) is 0 Å². The number of carbonyl (C=O) groups is 1. The highest BCUT2D eigenvalue weighted by atomic mass is 79.9. The molecule has 0 saturated carbocycles. The fourth-order valence-electron chi connectivity index (χ4n) is 3.58. The fraction of sp³-hybridized carbons (Fsp3) is 0.474. The summed E-state index contributed by atoms with van der Waals surface area (Å²) in [4.78, 5) is 20.5. The highest BCUT2D eigenvalue weighted by Crippen LogP contribution is 2.43. The number of piperazine rings is 1. The van der Waals surface area contributed by atoms with E-state index in [1.165, 1.54) is 6.20 Å². The van der Waals surface area contributed by atoms with Gasteiger partial charge in [0.1, 0.15) is 17.7 Å². The average Bonchev–Trinajstić information content (AvgIpc) is 2.63. The average molecular weight is 473 g/mol. The van der Waals surface area contributed by atoms with Gasteiger partial charge in [-0.25, -0.2) is 14.2 Å². The highest BCUT2D eigenvalue weighted by molar-refractivity contribution is 9.10. The van der Waals surface area contributed by atoms with Crippen LogP contribution in [0.2, 0.25) is 5.02 Å². The van der Waals surface area contributed by atoms with Gasteiger partial charge in [0.25, 0.3) is 0 Å². The van der Waals surface area contributed by atoms with Gasteiger partial charge >= 0.3 is 6.09 Å². The van der Waals surface area contributed by atoms with Crippen molar-refractivity contribution in [1.82, 2.24) is 9.88 Å². The van der Waals surface area contributed by atoms with Gasteiger partial charge in [0.05, 0.1) is 27.4 Å². The number of carbonyl (C=O) groups excluding carboxylic acids is 1. The molecule has 0 N–H and O–H groups in total. The third-order valence-corrected chi connectivity index (χ3v) is 6.09. The molecule has 1 aromatic carbocycles. The molecule has 28 heavy (non-hydrogen) atoms. The van der Waals surface area contributed by atoms with Gasteiger partial charge in [0.15, 0.2) is 11.6 Å². The summed E-state index contributed by atoms with van der Waals surface area (Å²) in [6, 6.07) is 1.63. The zero-order valence-corrected chi connectivity index (χ0v) is 18.1. The molecule has 1 amide bonds. The van der Waals surface area contributed by atoms with Crippen LogP contribution in [-0.2, 0) is 4.74 Å². The number of amides is 1. The molecule has 6 nitrogen and oxygen atoms in total. The van der Waals surface area contributed by atoms with Gasteiger partial charge in [-0.1, -0.05) is 11.6 Å². The first-order valence-electron chi connectivity index (χ1n) is 8.99. The highest BCUT2D eigenvalue weighted by Gasteiger charge is 2.37. The van der Waals surface area contributed by atoms with Crippen LogP contribution in [0.15, 0.2) is 16.7 Å². The number of hydrogen-bond donors (Lipinski definition) is 0. The standard InChI is InChI=1S/C19H20BrClFN3O3/c1-19(2,3)28-18(26)24-4-5-25-10(8-24)9-27-13-7-23-16-11(17(13)25)6-12(21)14(20)15(16)22/h6-7,10H,4-5,8-9H2,1-3H3/t10-/m1/s1. The second kappa shape index (κ2) is 6.91. The second-order valence-corrected chi connectivity index (χ2v) is 9.14. The van der Waals surface area contributed by atoms with E-state index in [4.69, 9.17) is 21.1 Å². The predicted octanol–water partition coefficient (Wildman–Crippen LogP) is 4.61. The summed E-state index contributed by atoms with van der Waals surface area (Å²) in [5.41, 5.74) is 0.445. The minimum absolute atomic E-state index is 0.0650. The summed E-state index contributed by atoms with van der Waals surface area (Å²) in [6.07, 6.45) is 1.20. The molecular weight excluding hydrogens is 453 g/mol. The first kappa shape index (κ1) is 19.5. The van der Waals surface area contributed by atoms with E-state index in [9.17, 15) is 9.18 Å². The maximum Gasteiger partial charge on any atom is 0.410 e. The lowest BCUT2D eigenvalue weighted by Gasteiger charge is -2.45. The van der Waals surface area contributed by atoms with Crippen molar-refractivity contribution in [1.29, 1.82) is 0 Å². The normalized spacial score (nSPS) is 19.1. The quantitative estimate of drug-likeness (QED) is 0.524. The summed E-state index contributed by atoms with van der Waals surface area (Å²) in [7, 11) is 0. The summed E-state index contributed by atoms with van der Waals surface area (Å²) in [5.74, 6) is 0.0899. The van der Waals surface area contributed by atoms with E-state index in [1.54, 1.807) is 11.0 Å². The minimum atomic E-state index is -0.548. The van der Waals surface area contributed by atoms with Gasteiger partial charge < -0.3 is 19.3 Å². The number of pyridine rings is 1. The molecular formula is C19H20BrClFN3O3. The van der Waals surface area contributed by atoms with E-state index in [0.29, 0.717) is 37.4 Å². The predicted molar refractivity (Wildman–Crippen MR) is 109 cm³/mol. The molecule has 1 fully saturated rings. The molecule has 1 atom stereocenters. The van der Waals surface area contributed by atoms with Crippen LogP contribution >= 0.6 is 27.5 Å².